The smallest absolute Gasteiger partial charge is 0.260 e. The highest BCUT2D eigenvalue weighted by molar-refractivity contribution is 7.89. The fourth-order valence-electron chi connectivity index (χ4n) is 1.28. The topological polar surface area (TPSA) is 75.3 Å². The van der Waals surface area contributed by atoms with Crippen molar-refractivity contribution in [2.24, 2.45) is 0 Å². The lowest BCUT2D eigenvalue weighted by Gasteiger charge is -2.18. The van der Waals surface area contributed by atoms with Crippen molar-refractivity contribution in [3.8, 4) is 0 Å². The van der Waals surface area contributed by atoms with Crippen LogP contribution in [0.1, 0.15) is 13.8 Å². The fourth-order valence-corrected chi connectivity index (χ4v) is 2.61. The van der Waals surface area contributed by atoms with Crippen molar-refractivity contribution in [1.82, 2.24) is 14.3 Å². The van der Waals surface area contributed by atoms with Crippen LogP contribution in [-0.2, 0) is 14.8 Å². The summed E-state index contributed by atoms with van der Waals surface area (Å²) in [6.45, 7) is 5.42. The molecule has 92 valence electrons. The minimum absolute atomic E-state index is 0.117. The molecule has 0 unspecified atom stereocenters. The Bertz CT molecular complexity index is 388. The molecule has 0 saturated heterocycles. The van der Waals surface area contributed by atoms with E-state index in [1.807, 2.05) is 6.92 Å². The van der Waals surface area contributed by atoms with Gasteiger partial charge in [-0.2, -0.15) is 4.31 Å². The van der Waals surface area contributed by atoms with Gasteiger partial charge in [-0.25, -0.2) is 13.4 Å². The first-order chi connectivity index (χ1) is 7.62. The number of imidazole rings is 1. The Morgan fingerprint density at radius 1 is 1.50 bits per heavy atom. The molecule has 1 aromatic heterocycles. The zero-order valence-electron chi connectivity index (χ0n) is 9.51. The van der Waals surface area contributed by atoms with Gasteiger partial charge in [0, 0.05) is 19.7 Å². The van der Waals surface area contributed by atoms with E-state index < -0.39 is 10.0 Å². The first-order valence-electron chi connectivity index (χ1n) is 5.19. The van der Waals surface area contributed by atoms with E-state index in [9.17, 15) is 8.42 Å². The number of likely N-dealkylation sites (N-methyl/N-ethyl adjacent to an activating group) is 1. The maximum atomic E-state index is 12.0. The van der Waals surface area contributed by atoms with Crippen molar-refractivity contribution in [3.05, 3.63) is 12.5 Å². The molecule has 0 bridgehead atoms. The summed E-state index contributed by atoms with van der Waals surface area (Å²) in [6.07, 6.45) is 2.65. The van der Waals surface area contributed by atoms with E-state index in [2.05, 4.69) is 9.97 Å². The molecule has 6 nitrogen and oxygen atoms in total. The van der Waals surface area contributed by atoms with E-state index in [0.717, 1.165) is 0 Å². The fraction of sp³-hybridized carbons (Fsp3) is 0.667. The highest BCUT2D eigenvalue weighted by atomic mass is 32.2. The monoisotopic (exact) mass is 247 g/mol. The van der Waals surface area contributed by atoms with Crippen LogP contribution in [0.5, 0.6) is 0 Å². The summed E-state index contributed by atoms with van der Waals surface area (Å²) in [5.74, 6) is 0. The van der Waals surface area contributed by atoms with Crippen LogP contribution < -0.4 is 0 Å². The minimum Gasteiger partial charge on any atom is -0.380 e. The summed E-state index contributed by atoms with van der Waals surface area (Å²) in [4.78, 5) is 6.31. The van der Waals surface area contributed by atoms with E-state index in [1.54, 1.807) is 6.92 Å². The van der Waals surface area contributed by atoms with Crippen LogP contribution >= 0.6 is 0 Å². The van der Waals surface area contributed by atoms with E-state index in [4.69, 9.17) is 4.74 Å². The van der Waals surface area contributed by atoms with Crippen molar-refractivity contribution < 1.29 is 13.2 Å². The predicted molar refractivity (Wildman–Crippen MR) is 59.5 cm³/mol. The second kappa shape index (κ2) is 5.97. The molecule has 0 aliphatic rings. The Hall–Kier alpha value is -0.920. The number of ether oxygens (including phenoxy) is 1. The van der Waals surface area contributed by atoms with Gasteiger partial charge in [-0.05, 0) is 6.92 Å². The summed E-state index contributed by atoms with van der Waals surface area (Å²) in [7, 11) is -3.45. The number of sulfonamides is 1. The Morgan fingerprint density at radius 2 is 2.25 bits per heavy atom. The number of rotatable bonds is 7. The molecule has 1 N–H and O–H groups in total. The van der Waals surface area contributed by atoms with Crippen LogP contribution in [0.3, 0.4) is 0 Å². The molecule has 0 amide bonds. The van der Waals surface area contributed by atoms with Crippen LogP contribution in [-0.4, -0.2) is 49.0 Å². The number of hydrogen-bond donors (Lipinski definition) is 1. The molecule has 0 aliphatic carbocycles. The molecule has 16 heavy (non-hydrogen) atoms. The van der Waals surface area contributed by atoms with E-state index in [0.29, 0.717) is 26.3 Å². The lowest BCUT2D eigenvalue weighted by atomic mass is 10.6. The van der Waals surface area contributed by atoms with Crippen LogP contribution in [0.25, 0.3) is 0 Å². The molecular formula is C9H17N3O3S. The maximum Gasteiger partial charge on any atom is 0.260 e. The number of hydrogen-bond acceptors (Lipinski definition) is 4. The van der Waals surface area contributed by atoms with Crippen LogP contribution in [0.15, 0.2) is 17.6 Å². The molecule has 0 spiro atoms. The van der Waals surface area contributed by atoms with Crippen molar-refractivity contribution >= 4 is 10.0 Å². The van der Waals surface area contributed by atoms with Gasteiger partial charge in [0.2, 0.25) is 0 Å². The Balaban J connectivity index is 2.72. The number of aromatic nitrogens is 2. The summed E-state index contributed by atoms with van der Waals surface area (Å²) < 4.78 is 30.5. The van der Waals surface area contributed by atoms with Gasteiger partial charge in [-0.15, -0.1) is 0 Å². The number of nitrogens with zero attached hydrogens (tertiary/aromatic N) is 2. The molecule has 0 atom stereocenters. The number of aromatic amines is 1. The van der Waals surface area contributed by atoms with Gasteiger partial charge >= 0.3 is 0 Å². The molecule has 0 radical (unpaired) electrons. The minimum atomic E-state index is -3.45. The molecular weight excluding hydrogens is 230 g/mol. The quantitative estimate of drug-likeness (QED) is 0.710. The zero-order chi connectivity index (χ0) is 12.0. The molecule has 0 aromatic carbocycles. The lowest BCUT2D eigenvalue weighted by molar-refractivity contribution is 0.135. The number of nitrogens with one attached hydrogen (secondary N) is 1. The largest absolute Gasteiger partial charge is 0.380 e. The molecule has 7 heteroatoms. The predicted octanol–water partition coefficient (Wildman–Crippen LogP) is 0.457. The number of H-pyrrole nitrogens is 1. The molecule has 1 aromatic rings. The van der Waals surface area contributed by atoms with Gasteiger partial charge in [0.25, 0.3) is 10.0 Å². The average molecular weight is 247 g/mol. The second-order valence-corrected chi connectivity index (χ2v) is 5.02. The second-order valence-electron chi connectivity index (χ2n) is 3.11. The van der Waals surface area contributed by atoms with E-state index in [1.165, 1.54) is 16.8 Å². The summed E-state index contributed by atoms with van der Waals surface area (Å²) in [5.41, 5.74) is 0. The molecule has 1 heterocycles. The highest BCUT2D eigenvalue weighted by Gasteiger charge is 2.23. The van der Waals surface area contributed by atoms with Gasteiger partial charge in [0.15, 0.2) is 5.03 Å². The summed E-state index contributed by atoms with van der Waals surface area (Å²) >= 11 is 0. The van der Waals surface area contributed by atoms with Gasteiger partial charge in [-0.3, -0.25) is 0 Å². The van der Waals surface area contributed by atoms with E-state index in [-0.39, 0.29) is 5.03 Å². The van der Waals surface area contributed by atoms with E-state index >= 15 is 0 Å². The molecule has 1 rings (SSSR count). The molecule has 0 fully saturated rings. The third-order valence-electron chi connectivity index (χ3n) is 2.13. The first-order valence-corrected chi connectivity index (χ1v) is 6.63. The van der Waals surface area contributed by atoms with Crippen LogP contribution in [0, 0.1) is 0 Å². The van der Waals surface area contributed by atoms with Gasteiger partial charge in [0.1, 0.15) is 0 Å². The summed E-state index contributed by atoms with van der Waals surface area (Å²) in [6, 6.07) is 0. The highest BCUT2D eigenvalue weighted by Crippen LogP contribution is 2.11. The van der Waals surface area contributed by atoms with Crippen molar-refractivity contribution in [3.63, 3.8) is 0 Å². The molecule has 0 saturated carbocycles. The SMILES string of the molecule is CCOCCN(CC)S(=O)(=O)c1cnc[nH]1. The maximum absolute atomic E-state index is 12.0. The van der Waals surface area contributed by atoms with Crippen LogP contribution in [0.2, 0.25) is 0 Å². The van der Waals surface area contributed by atoms with Gasteiger partial charge in [-0.1, -0.05) is 6.92 Å². The average Bonchev–Trinajstić information content (AvgIpc) is 2.78. The van der Waals surface area contributed by atoms with Crippen LogP contribution in [0.4, 0.5) is 0 Å². The van der Waals surface area contributed by atoms with Crippen molar-refractivity contribution in [1.29, 1.82) is 0 Å². The van der Waals surface area contributed by atoms with Gasteiger partial charge in [0.05, 0.1) is 19.1 Å². The molecule has 0 aliphatic heterocycles. The normalized spacial score (nSPS) is 12.2. The lowest BCUT2D eigenvalue weighted by Crippen LogP contribution is -2.34. The Labute approximate surface area is 95.7 Å². The Morgan fingerprint density at radius 3 is 2.75 bits per heavy atom. The first kappa shape index (κ1) is 13.1. The standard InChI is InChI=1S/C9H17N3O3S/c1-3-12(5-6-15-4-2)16(13,14)9-7-10-8-11-9/h7-8H,3-6H2,1-2H3,(H,10,11). The van der Waals surface area contributed by atoms with Crippen molar-refractivity contribution in [2.75, 3.05) is 26.3 Å². The zero-order valence-corrected chi connectivity index (χ0v) is 10.3. The third-order valence-corrected chi connectivity index (χ3v) is 4.03. The van der Waals surface area contributed by atoms with Crippen molar-refractivity contribution in [2.45, 2.75) is 18.9 Å². The van der Waals surface area contributed by atoms with Gasteiger partial charge < -0.3 is 9.72 Å². The Kier molecular flexibility index (Phi) is 4.91. The summed E-state index contributed by atoms with van der Waals surface area (Å²) in [5, 5.41) is 0.117. The third kappa shape index (κ3) is 3.03.